The highest BCUT2D eigenvalue weighted by molar-refractivity contribution is 6.30. The van der Waals surface area contributed by atoms with Crippen molar-refractivity contribution in [3.05, 3.63) is 59.8 Å². The molecule has 2 atom stereocenters. The zero-order valence-corrected chi connectivity index (χ0v) is 14.7. The van der Waals surface area contributed by atoms with Crippen molar-refractivity contribution in [3.63, 3.8) is 0 Å². The van der Waals surface area contributed by atoms with Crippen molar-refractivity contribution in [2.75, 3.05) is 25.0 Å². The van der Waals surface area contributed by atoms with Gasteiger partial charge in [0.25, 0.3) is 5.72 Å². The van der Waals surface area contributed by atoms with E-state index in [2.05, 4.69) is 4.98 Å². The van der Waals surface area contributed by atoms with Crippen molar-refractivity contribution in [3.8, 4) is 0 Å². The van der Waals surface area contributed by atoms with Crippen LogP contribution in [0, 0.1) is 0 Å². The average molecular weight is 369 g/mol. The molecule has 8 heteroatoms. The molecule has 8 nitrogen and oxygen atoms in total. The number of esters is 2. The molecule has 3 heterocycles. The largest absolute Gasteiger partial charge is 0.431 e. The molecular formula is C19H19N3O5. The summed E-state index contributed by atoms with van der Waals surface area (Å²) in [6.45, 7) is 0.779. The van der Waals surface area contributed by atoms with Gasteiger partial charge < -0.3 is 19.5 Å². The lowest BCUT2D eigenvalue weighted by Gasteiger charge is -2.55. The summed E-state index contributed by atoms with van der Waals surface area (Å²) in [6.07, 6.45) is 0.754. The smallest absolute Gasteiger partial charge is 0.420 e. The second kappa shape index (κ2) is 6.64. The normalized spacial score (nSPS) is 25.6. The van der Waals surface area contributed by atoms with Crippen molar-refractivity contribution in [2.24, 2.45) is 0 Å². The molecule has 2 aromatic rings. The minimum absolute atomic E-state index is 0.223. The second-order valence-corrected chi connectivity index (χ2v) is 6.49. The molecule has 2 fully saturated rings. The van der Waals surface area contributed by atoms with Gasteiger partial charge in [-0.3, -0.25) is 4.90 Å². The SMILES string of the molecule is CN1CCN(c2ncccc2CO)[C@@]2(c3ccccc3)OC(=O)C(=O)OC12. The van der Waals surface area contributed by atoms with E-state index in [-0.39, 0.29) is 6.61 Å². The Morgan fingerprint density at radius 3 is 2.67 bits per heavy atom. The monoisotopic (exact) mass is 369 g/mol. The fraction of sp³-hybridized carbons (Fsp3) is 0.316. The van der Waals surface area contributed by atoms with Crippen LogP contribution in [-0.4, -0.2) is 53.3 Å². The quantitative estimate of drug-likeness (QED) is 0.621. The van der Waals surface area contributed by atoms with Crippen molar-refractivity contribution in [1.82, 2.24) is 9.88 Å². The van der Waals surface area contributed by atoms with Gasteiger partial charge in [-0.2, -0.15) is 0 Å². The van der Waals surface area contributed by atoms with E-state index in [1.165, 1.54) is 0 Å². The van der Waals surface area contributed by atoms with Gasteiger partial charge in [0.2, 0.25) is 6.23 Å². The Morgan fingerprint density at radius 2 is 1.93 bits per heavy atom. The van der Waals surface area contributed by atoms with E-state index < -0.39 is 23.9 Å². The fourth-order valence-electron chi connectivity index (χ4n) is 3.68. The minimum atomic E-state index is -1.41. The number of ether oxygens (including phenoxy) is 2. The molecule has 27 heavy (non-hydrogen) atoms. The Hall–Kier alpha value is -2.97. The standard InChI is InChI=1S/C19H19N3O5/c1-21-10-11-22(15-13(12-23)6-5-9-20-15)19(14-7-3-2-4-8-14)18(21)26-16(24)17(25)27-19/h2-9,18,23H,10-12H2,1H3/t18?,19-/m0/s1. The van der Waals surface area contributed by atoms with E-state index in [9.17, 15) is 14.7 Å². The molecule has 1 unspecified atom stereocenters. The minimum Gasteiger partial charge on any atom is -0.431 e. The zero-order chi connectivity index (χ0) is 19.0. The Balaban J connectivity index is 1.95. The highest BCUT2D eigenvalue weighted by Gasteiger charge is 2.60. The third-order valence-corrected chi connectivity index (χ3v) is 4.93. The average Bonchev–Trinajstić information content (AvgIpc) is 2.70. The highest BCUT2D eigenvalue weighted by atomic mass is 16.7. The molecule has 0 saturated carbocycles. The Kier molecular flexibility index (Phi) is 4.29. The number of fused-ring (bicyclic) bond motifs is 1. The number of hydrogen-bond donors (Lipinski definition) is 1. The third-order valence-electron chi connectivity index (χ3n) is 4.93. The molecular weight excluding hydrogens is 350 g/mol. The topological polar surface area (TPSA) is 92.2 Å². The summed E-state index contributed by atoms with van der Waals surface area (Å²) in [5, 5.41) is 9.78. The van der Waals surface area contributed by atoms with E-state index in [1.54, 1.807) is 30.3 Å². The summed E-state index contributed by atoms with van der Waals surface area (Å²) in [5.74, 6) is -1.60. The maximum Gasteiger partial charge on any atom is 0.420 e. The predicted octanol–water partition coefficient (Wildman–Crippen LogP) is 0.605. The van der Waals surface area contributed by atoms with E-state index in [4.69, 9.17) is 9.47 Å². The number of hydrogen-bond acceptors (Lipinski definition) is 8. The van der Waals surface area contributed by atoms with Crippen LogP contribution in [0.15, 0.2) is 48.7 Å². The summed E-state index contributed by atoms with van der Waals surface area (Å²) < 4.78 is 11.2. The number of likely N-dealkylation sites (N-methyl/N-ethyl adjacent to an activating group) is 1. The Bertz CT molecular complexity index is 875. The third kappa shape index (κ3) is 2.65. The number of nitrogens with zero attached hydrogens (tertiary/aromatic N) is 3. The van der Waals surface area contributed by atoms with Gasteiger partial charge in [0.1, 0.15) is 5.82 Å². The van der Waals surface area contributed by atoms with Crippen LogP contribution in [0.5, 0.6) is 0 Å². The lowest BCUT2D eigenvalue weighted by Crippen LogP contribution is -2.71. The van der Waals surface area contributed by atoms with Crippen molar-refractivity contribution < 1.29 is 24.2 Å². The van der Waals surface area contributed by atoms with Gasteiger partial charge in [-0.1, -0.05) is 36.4 Å². The molecule has 0 aliphatic carbocycles. The van der Waals surface area contributed by atoms with Gasteiger partial charge in [0.05, 0.1) is 6.61 Å². The van der Waals surface area contributed by atoms with Crippen LogP contribution in [0.1, 0.15) is 11.1 Å². The predicted molar refractivity (Wildman–Crippen MR) is 94.2 cm³/mol. The van der Waals surface area contributed by atoms with Gasteiger partial charge in [0, 0.05) is 30.4 Å². The second-order valence-electron chi connectivity index (χ2n) is 6.49. The van der Waals surface area contributed by atoms with E-state index in [1.807, 2.05) is 35.2 Å². The summed E-state index contributed by atoms with van der Waals surface area (Å²) in [7, 11) is 1.80. The lowest BCUT2D eigenvalue weighted by atomic mass is 9.94. The van der Waals surface area contributed by atoms with Crippen molar-refractivity contribution in [1.29, 1.82) is 0 Å². The molecule has 4 rings (SSSR count). The highest BCUT2D eigenvalue weighted by Crippen LogP contribution is 2.44. The van der Waals surface area contributed by atoms with E-state index in [0.29, 0.717) is 30.0 Å². The maximum atomic E-state index is 12.3. The number of anilines is 1. The molecule has 2 aliphatic heterocycles. The van der Waals surface area contributed by atoms with Crippen LogP contribution in [0.25, 0.3) is 0 Å². The first kappa shape index (κ1) is 17.4. The first-order valence-corrected chi connectivity index (χ1v) is 8.60. The van der Waals surface area contributed by atoms with Gasteiger partial charge in [0.15, 0.2) is 0 Å². The number of aliphatic hydroxyl groups excluding tert-OH is 1. The first-order valence-electron chi connectivity index (χ1n) is 8.60. The molecule has 140 valence electrons. The van der Waals surface area contributed by atoms with Gasteiger partial charge in [-0.15, -0.1) is 0 Å². The van der Waals surface area contributed by atoms with Gasteiger partial charge in [-0.05, 0) is 13.1 Å². The van der Waals surface area contributed by atoms with E-state index >= 15 is 0 Å². The summed E-state index contributed by atoms with van der Waals surface area (Å²) in [5.41, 5.74) is -0.168. The van der Waals surface area contributed by atoms with Crippen LogP contribution in [-0.2, 0) is 31.4 Å². The molecule has 0 bridgehead atoms. The number of rotatable bonds is 3. The van der Waals surface area contributed by atoms with Gasteiger partial charge in [-0.25, -0.2) is 14.6 Å². The number of pyridine rings is 1. The molecule has 0 radical (unpaired) electrons. The molecule has 2 saturated heterocycles. The molecule has 1 aromatic heterocycles. The molecule has 0 amide bonds. The summed E-state index contributed by atoms with van der Waals surface area (Å²) in [6, 6.07) is 12.6. The van der Waals surface area contributed by atoms with Crippen LogP contribution in [0.4, 0.5) is 5.82 Å². The lowest BCUT2D eigenvalue weighted by molar-refractivity contribution is -0.245. The van der Waals surface area contributed by atoms with Crippen molar-refractivity contribution in [2.45, 2.75) is 18.6 Å². The first-order chi connectivity index (χ1) is 13.1. The Morgan fingerprint density at radius 1 is 1.15 bits per heavy atom. The maximum absolute atomic E-state index is 12.3. The van der Waals surface area contributed by atoms with Crippen LogP contribution < -0.4 is 4.90 Å². The molecule has 2 aliphatic rings. The zero-order valence-electron chi connectivity index (χ0n) is 14.7. The van der Waals surface area contributed by atoms with Crippen LogP contribution >= 0.6 is 0 Å². The van der Waals surface area contributed by atoms with E-state index in [0.717, 1.165) is 0 Å². The van der Waals surface area contributed by atoms with Crippen LogP contribution in [0.3, 0.4) is 0 Å². The summed E-state index contributed by atoms with van der Waals surface area (Å²) >= 11 is 0. The number of aromatic nitrogens is 1. The van der Waals surface area contributed by atoms with Crippen molar-refractivity contribution >= 4 is 17.8 Å². The molecule has 0 spiro atoms. The molecule has 1 aromatic carbocycles. The number of carbonyl (C=O) groups excluding carboxylic acids is 2. The fourth-order valence-corrected chi connectivity index (χ4v) is 3.68. The number of piperazine rings is 1. The number of benzene rings is 1. The summed E-state index contributed by atoms with van der Waals surface area (Å²) in [4.78, 5) is 32.2. The number of aliphatic hydroxyl groups is 1. The van der Waals surface area contributed by atoms with Crippen LogP contribution in [0.2, 0.25) is 0 Å². The molecule has 1 N–H and O–H groups in total. The number of carbonyl (C=O) groups is 2. The van der Waals surface area contributed by atoms with Gasteiger partial charge >= 0.3 is 11.9 Å². The Labute approximate surface area is 155 Å².